The van der Waals surface area contributed by atoms with Crippen LogP contribution in [0, 0.1) is 0 Å². The normalized spacial score (nSPS) is 16.8. The van der Waals surface area contributed by atoms with E-state index < -0.39 is 0 Å². The molecule has 1 fully saturated rings. The highest BCUT2D eigenvalue weighted by atomic mass is 16.2. The Bertz CT molecular complexity index is 606. The first-order valence-corrected chi connectivity index (χ1v) is 8.15. The molecule has 0 spiro atoms. The third-order valence-electron chi connectivity index (χ3n) is 4.16. The molecule has 1 aliphatic heterocycles. The Morgan fingerprint density at radius 2 is 2.12 bits per heavy atom. The van der Waals surface area contributed by atoms with Gasteiger partial charge in [0.15, 0.2) is 5.82 Å². The van der Waals surface area contributed by atoms with E-state index >= 15 is 0 Å². The lowest BCUT2D eigenvalue weighted by Crippen LogP contribution is -2.45. The lowest BCUT2D eigenvalue weighted by Gasteiger charge is -2.33. The number of anilines is 3. The third kappa shape index (κ3) is 4.27. The van der Waals surface area contributed by atoms with Crippen LogP contribution in [0.2, 0.25) is 0 Å². The number of carbonyl (C=O) groups is 2. The second kappa shape index (κ2) is 7.85. The molecule has 8 heteroatoms. The molecule has 132 valence electrons. The third-order valence-corrected chi connectivity index (χ3v) is 4.16. The van der Waals surface area contributed by atoms with Gasteiger partial charge < -0.3 is 26.2 Å². The Morgan fingerprint density at radius 1 is 1.38 bits per heavy atom. The van der Waals surface area contributed by atoms with Crippen molar-refractivity contribution in [3.05, 3.63) is 12.1 Å². The topological polar surface area (TPSA) is 104 Å². The first kappa shape index (κ1) is 17.8. The fourth-order valence-corrected chi connectivity index (χ4v) is 2.81. The van der Waals surface area contributed by atoms with Gasteiger partial charge in [-0.1, -0.05) is 0 Å². The molecule has 1 aromatic heterocycles. The molecular weight excluding hydrogens is 308 g/mol. The molecule has 2 rings (SSSR count). The summed E-state index contributed by atoms with van der Waals surface area (Å²) in [5.41, 5.74) is 6.53. The van der Waals surface area contributed by atoms with Gasteiger partial charge in [0.1, 0.15) is 12.0 Å². The van der Waals surface area contributed by atoms with Crippen LogP contribution < -0.4 is 21.3 Å². The number of carbonyl (C=O) groups excluding carboxylic acids is 2. The number of hydrogen-bond acceptors (Lipinski definition) is 6. The Morgan fingerprint density at radius 3 is 2.79 bits per heavy atom. The monoisotopic (exact) mass is 334 g/mol. The number of amides is 2. The molecule has 1 atom stereocenters. The highest BCUT2D eigenvalue weighted by Crippen LogP contribution is 2.28. The summed E-state index contributed by atoms with van der Waals surface area (Å²) in [6, 6.07) is 3.69. The molecule has 8 nitrogen and oxygen atoms in total. The first-order chi connectivity index (χ1) is 11.4. The van der Waals surface area contributed by atoms with Gasteiger partial charge in [0.05, 0.1) is 5.69 Å². The molecule has 1 saturated heterocycles. The van der Waals surface area contributed by atoms with E-state index in [9.17, 15) is 9.59 Å². The molecule has 0 radical (unpaired) electrons. The number of rotatable bonds is 6. The van der Waals surface area contributed by atoms with Crippen LogP contribution in [0.4, 0.5) is 17.3 Å². The molecule has 0 bridgehead atoms. The van der Waals surface area contributed by atoms with Gasteiger partial charge in [0, 0.05) is 40.5 Å². The van der Waals surface area contributed by atoms with Gasteiger partial charge in [-0.15, -0.1) is 0 Å². The predicted molar refractivity (Wildman–Crippen MR) is 94.6 cm³/mol. The van der Waals surface area contributed by atoms with Gasteiger partial charge in [-0.2, -0.15) is 0 Å². The first-order valence-electron chi connectivity index (χ1n) is 8.15. The summed E-state index contributed by atoms with van der Waals surface area (Å²) in [5, 5.41) is 5.86. The molecule has 0 aromatic carbocycles. The quantitative estimate of drug-likeness (QED) is 0.659. The fourth-order valence-electron chi connectivity index (χ4n) is 2.81. The van der Waals surface area contributed by atoms with Crippen LogP contribution in [-0.2, 0) is 9.59 Å². The van der Waals surface area contributed by atoms with Crippen LogP contribution >= 0.6 is 0 Å². The van der Waals surface area contributed by atoms with E-state index in [-0.39, 0.29) is 18.0 Å². The van der Waals surface area contributed by atoms with Crippen LogP contribution in [-0.4, -0.2) is 54.5 Å². The minimum atomic E-state index is -0.0707. The summed E-state index contributed by atoms with van der Waals surface area (Å²) in [7, 11) is 1.81. The molecule has 1 aromatic rings. The van der Waals surface area contributed by atoms with Crippen molar-refractivity contribution in [2.75, 3.05) is 42.6 Å². The molecule has 0 saturated carbocycles. The molecule has 2 heterocycles. The maximum atomic E-state index is 11.7. The highest BCUT2D eigenvalue weighted by Gasteiger charge is 2.30. The van der Waals surface area contributed by atoms with Crippen molar-refractivity contribution in [3.8, 4) is 0 Å². The maximum Gasteiger partial charge on any atom is 0.220 e. The Balaban J connectivity index is 2.09. The minimum absolute atomic E-state index is 0.0193. The standard InChI is InChI=1S/C16H26N6O2/c1-11(23)18-8-9-19-16-13(17)6-7-14(20-16)22-10-4-5-15(22)21(3)12(2)24/h6-7,15H,4-5,8-10,17H2,1-3H3,(H,18,23)(H,19,20). The minimum Gasteiger partial charge on any atom is -0.396 e. The van der Waals surface area contributed by atoms with Crippen LogP contribution in [0.25, 0.3) is 0 Å². The lowest BCUT2D eigenvalue weighted by molar-refractivity contribution is -0.129. The summed E-state index contributed by atoms with van der Waals surface area (Å²) in [6.45, 7) is 4.94. The van der Waals surface area contributed by atoms with Crippen molar-refractivity contribution in [3.63, 3.8) is 0 Å². The highest BCUT2D eigenvalue weighted by molar-refractivity contribution is 5.74. The second-order valence-corrected chi connectivity index (χ2v) is 5.96. The van der Waals surface area contributed by atoms with Crippen LogP contribution in [0.1, 0.15) is 26.7 Å². The number of nitrogens with zero attached hydrogens (tertiary/aromatic N) is 3. The van der Waals surface area contributed by atoms with Crippen molar-refractivity contribution in [2.24, 2.45) is 0 Å². The zero-order valence-electron chi connectivity index (χ0n) is 14.5. The van der Waals surface area contributed by atoms with E-state index in [1.807, 2.05) is 19.2 Å². The van der Waals surface area contributed by atoms with Crippen molar-refractivity contribution in [2.45, 2.75) is 32.9 Å². The molecule has 4 N–H and O–H groups in total. The van der Waals surface area contributed by atoms with E-state index in [4.69, 9.17) is 5.73 Å². The van der Waals surface area contributed by atoms with Crippen molar-refractivity contribution >= 4 is 29.1 Å². The SMILES string of the molecule is CC(=O)NCCNc1nc(N2CCCC2N(C)C(C)=O)ccc1N. The fraction of sp³-hybridized carbons (Fsp3) is 0.562. The number of aromatic nitrogens is 1. The summed E-state index contributed by atoms with van der Waals surface area (Å²) in [6.07, 6.45) is 1.96. The smallest absolute Gasteiger partial charge is 0.220 e. The van der Waals surface area contributed by atoms with Crippen molar-refractivity contribution in [1.82, 2.24) is 15.2 Å². The zero-order chi connectivity index (χ0) is 17.7. The molecule has 1 unspecified atom stereocenters. The summed E-state index contributed by atoms with van der Waals surface area (Å²) in [4.78, 5) is 31.0. The van der Waals surface area contributed by atoms with E-state index in [1.54, 1.807) is 11.8 Å². The van der Waals surface area contributed by atoms with Gasteiger partial charge >= 0.3 is 0 Å². The maximum absolute atomic E-state index is 11.7. The lowest BCUT2D eigenvalue weighted by atomic mass is 10.3. The van der Waals surface area contributed by atoms with Crippen LogP contribution in [0.3, 0.4) is 0 Å². The Labute approximate surface area is 142 Å². The van der Waals surface area contributed by atoms with Gasteiger partial charge in [-0.3, -0.25) is 9.59 Å². The number of hydrogen-bond donors (Lipinski definition) is 3. The number of nitrogens with one attached hydrogen (secondary N) is 2. The van der Waals surface area contributed by atoms with E-state index in [1.165, 1.54) is 6.92 Å². The predicted octanol–water partition coefficient (Wildman–Crippen LogP) is 0.616. The number of nitrogens with two attached hydrogens (primary N) is 1. The average molecular weight is 334 g/mol. The van der Waals surface area contributed by atoms with Crippen molar-refractivity contribution in [1.29, 1.82) is 0 Å². The second-order valence-electron chi connectivity index (χ2n) is 5.96. The molecule has 0 aliphatic carbocycles. The van der Waals surface area contributed by atoms with Crippen LogP contribution in [0.5, 0.6) is 0 Å². The summed E-state index contributed by atoms with van der Waals surface area (Å²) < 4.78 is 0. The van der Waals surface area contributed by atoms with E-state index in [0.717, 1.165) is 25.2 Å². The Kier molecular flexibility index (Phi) is 5.83. The zero-order valence-corrected chi connectivity index (χ0v) is 14.5. The Hall–Kier alpha value is -2.51. The van der Waals surface area contributed by atoms with Gasteiger partial charge in [0.25, 0.3) is 0 Å². The van der Waals surface area contributed by atoms with E-state index in [2.05, 4.69) is 20.5 Å². The summed E-state index contributed by atoms with van der Waals surface area (Å²) >= 11 is 0. The van der Waals surface area contributed by atoms with E-state index in [0.29, 0.717) is 24.6 Å². The van der Waals surface area contributed by atoms with Crippen LogP contribution in [0.15, 0.2) is 12.1 Å². The molecular formula is C16H26N6O2. The number of pyridine rings is 1. The van der Waals surface area contributed by atoms with Crippen molar-refractivity contribution < 1.29 is 9.59 Å². The number of nitrogen functional groups attached to an aromatic ring is 1. The average Bonchev–Trinajstić information content (AvgIpc) is 3.01. The molecule has 1 aliphatic rings. The summed E-state index contributed by atoms with van der Waals surface area (Å²) in [5.74, 6) is 1.35. The van der Waals surface area contributed by atoms with Gasteiger partial charge in [-0.25, -0.2) is 4.98 Å². The largest absolute Gasteiger partial charge is 0.396 e. The molecule has 2 amide bonds. The van der Waals surface area contributed by atoms with Gasteiger partial charge in [-0.05, 0) is 25.0 Å². The van der Waals surface area contributed by atoms with Gasteiger partial charge in [0.2, 0.25) is 11.8 Å². The molecule has 24 heavy (non-hydrogen) atoms.